The van der Waals surface area contributed by atoms with Gasteiger partial charge in [-0.15, -0.1) is 0 Å². The number of rotatable bonds is 5. The zero-order valence-electron chi connectivity index (χ0n) is 12.7. The van der Waals surface area contributed by atoms with Crippen LogP contribution in [0.2, 0.25) is 0 Å². The summed E-state index contributed by atoms with van der Waals surface area (Å²) in [5.74, 6) is -1.10. The second-order valence-corrected chi connectivity index (χ2v) is 6.82. The quantitative estimate of drug-likeness (QED) is 0.912. The topological polar surface area (TPSA) is 87.6 Å². The number of carboxylic acids is 1. The minimum absolute atomic E-state index is 0.0547. The lowest BCUT2D eigenvalue weighted by atomic mass is 10.1. The zero-order valence-corrected chi connectivity index (χ0v) is 13.5. The Morgan fingerprint density at radius 2 is 1.86 bits per heavy atom. The van der Waals surface area contributed by atoms with Crippen LogP contribution in [0.25, 0.3) is 10.9 Å². The van der Waals surface area contributed by atoms with Crippen LogP contribution in [0.3, 0.4) is 0 Å². The molecule has 0 atom stereocenters. The average molecular weight is 322 g/mol. The molecule has 0 saturated heterocycles. The van der Waals surface area contributed by atoms with Crippen molar-refractivity contribution in [2.75, 3.05) is 13.1 Å². The third-order valence-corrected chi connectivity index (χ3v) is 5.53. The standard InChI is InChI=1S/C15H18N2O4S/c1-4-17(5-2)22(20,21)11-6-7-14-12(9-11)13(15(18)19)8-10(3)16-14/h6-9H,4-5H2,1-3H3,(H,18,19). The Morgan fingerprint density at radius 3 is 2.41 bits per heavy atom. The number of sulfonamides is 1. The Morgan fingerprint density at radius 1 is 1.23 bits per heavy atom. The van der Waals surface area contributed by atoms with Crippen LogP contribution < -0.4 is 0 Å². The summed E-state index contributed by atoms with van der Waals surface area (Å²) in [5.41, 5.74) is 1.10. The maximum atomic E-state index is 12.5. The van der Waals surface area contributed by atoms with Crippen LogP contribution in [-0.4, -0.2) is 41.9 Å². The monoisotopic (exact) mass is 322 g/mol. The van der Waals surface area contributed by atoms with Gasteiger partial charge in [-0.25, -0.2) is 13.2 Å². The highest BCUT2D eigenvalue weighted by Crippen LogP contribution is 2.24. The Balaban J connectivity index is 2.72. The van der Waals surface area contributed by atoms with Gasteiger partial charge in [0, 0.05) is 24.2 Å². The summed E-state index contributed by atoms with van der Waals surface area (Å²) >= 11 is 0. The predicted molar refractivity (Wildman–Crippen MR) is 83.5 cm³/mol. The summed E-state index contributed by atoms with van der Waals surface area (Å²) in [7, 11) is -3.63. The Labute approximate surface area is 129 Å². The van der Waals surface area contributed by atoms with Gasteiger partial charge >= 0.3 is 5.97 Å². The number of nitrogens with zero attached hydrogens (tertiary/aromatic N) is 2. The number of fused-ring (bicyclic) bond motifs is 1. The molecule has 0 bridgehead atoms. The van der Waals surface area contributed by atoms with Crippen molar-refractivity contribution in [1.82, 2.24) is 9.29 Å². The highest BCUT2D eigenvalue weighted by atomic mass is 32.2. The van der Waals surface area contributed by atoms with Crippen LogP contribution in [0.1, 0.15) is 29.9 Å². The van der Waals surface area contributed by atoms with Crippen LogP contribution >= 0.6 is 0 Å². The fraction of sp³-hybridized carbons (Fsp3) is 0.333. The highest BCUT2D eigenvalue weighted by molar-refractivity contribution is 7.89. The van der Waals surface area contributed by atoms with E-state index in [4.69, 9.17) is 0 Å². The molecular weight excluding hydrogens is 304 g/mol. The Kier molecular flexibility index (Phi) is 4.48. The molecule has 0 spiro atoms. The van der Waals surface area contributed by atoms with Crippen molar-refractivity contribution < 1.29 is 18.3 Å². The lowest BCUT2D eigenvalue weighted by molar-refractivity contribution is 0.0699. The molecule has 7 heteroatoms. The number of benzene rings is 1. The van der Waals surface area contributed by atoms with E-state index in [1.165, 1.54) is 22.5 Å². The van der Waals surface area contributed by atoms with E-state index in [0.29, 0.717) is 29.7 Å². The first kappa shape index (κ1) is 16.4. The molecule has 6 nitrogen and oxygen atoms in total. The number of carboxylic acid groups (broad SMARTS) is 1. The molecule has 0 aliphatic carbocycles. The molecule has 22 heavy (non-hydrogen) atoms. The fourth-order valence-electron chi connectivity index (χ4n) is 2.39. The van der Waals surface area contributed by atoms with E-state index in [-0.39, 0.29) is 10.5 Å². The van der Waals surface area contributed by atoms with E-state index in [1.807, 2.05) is 0 Å². The SMILES string of the molecule is CCN(CC)S(=O)(=O)c1ccc2nc(C)cc(C(=O)O)c2c1. The van der Waals surface area contributed by atoms with E-state index in [9.17, 15) is 18.3 Å². The summed E-state index contributed by atoms with van der Waals surface area (Å²) in [4.78, 5) is 15.7. The molecule has 0 radical (unpaired) electrons. The van der Waals surface area contributed by atoms with Crippen molar-refractivity contribution in [3.05, 3.63) is 35.5 Å². The lowest BCUT2D eigenvalue weighted by Gasteiger charge is -2.18. The van der Waals surface area contributed by atoms with Gasteiger partial charge in [-0.05, 0) is 31.2 Å². The minimum atomic E-state index is -3.63. The first-order chi connectivity index (χ1) is 10.3. The number of aryl methyl sites for hydroxylation is 1. The van der Waals surface area contributed by atoms with Gasteiger partial charge in [0.05, 0.1) is 16.0 Å². The first-order valence-electron chi connectivity index (χ1n) is 6.96. The molecule has 0 aliphatic rings. The van der Waals surface area contributed by atoms with Gasteiger partial charge in [0.25, 0.3) is 0 Å². The van der Waals surface area contributed by atoms with Crippen molar-refractivity contribution in [3.63, 3.8) is 0 Å². The molecular formula is C15H18N2O4S. The molecule has 118 valence electrons. The minimum Gasteiger partial charge on any atom is -0.478 e. The molecule has 1 aromatic carbocycles. The summed E-state index contributed by atoms with van der Waals surface area (Å²) in [6.45, 7) is 5.93. The predicted octanol–water partition coefficient (Wildman–Crippen LogP) is 2.27. The second-order valence-electron chi connectivity index (χ2n) is 4.88. The van der Waals surface area contributed by atoms with Crippen molar-refractivity contribution in [2.24, 2.45) is 0 Å². The van der Waals surface area contributed by atoms with Crippen LogP contribution in [-0.2, 0) is 10.0 Å². The molecule has 1 heterocycles. The van der Waals surface area contributed by atoms with Gasteiger partial charge in [0.15, 0.2) is 0 Å². The third-order valence-electron chi connectivity index (χ3n) is 3.48. The van der Waals surface area contributed by atoms with E-state index in [1.54, 1.807) is 26.8 Å². The number of hydrogen-bond donors (Lipinski definition) is 1. The van der Waals surface area contributed by atoms with Gasteiger partial charge in [-0.3, -0.25) is 4.98 Å². The maximum Gasteiger partial charge on any atom is 0.336 e. The van der Waals surface area contributed by atoms with Crippen LogP contribution in [0.4, 0.5) is 0 Å². The molecule has 0 aliphatic heterocycles. The number of carbonyl (C=O) groups is 1. The van der Waals surface area contributed by atoms with Crippen molar-refractivity contribution in [1.29, 1.82) is 0 Å². The molecule has 0 saturated carbocycles. The van der Waals surface area contributed by atoms with E-state index in [0.717, 1.165) is 0 Å². The summed E-state index contributed by atoms with van der Waals surface area (Å²) < 4.78 is 26.4. The largest absolute Gasteiger partial charge is 0.478 e. The number of pyridine rings is 1. The van der Waals surface area contributed by atoms with Gasteiger partial charge < -0.3 is 5.11 Å². The highest BCUT2D eigenvalue weighted by Gasteiger charge is 2.23. The molecule has 0 amide bonds. The number of hydrogen-bond acceptors (Lipinski definition) is 4. The second kappa shape index (κ2) is 6.02. The molecule has 1 aromatic heterocycles. The molecule has 2 rings (SSSR count). The summed E-state index contributed by atoms with van der Waals surface area (Å²) in [6, 6.07) is 5.84. The van der Waals surface area contributed by atoms with Crippen molar-refractivity contribution in [3.8, 4) is 0 Å². The molecule has 2 aromatic rings. The summed E-state index contributed by atoms with van der Waals surface area (Å²) in [6.07, 6.45) is 0. The maximum absolute atomic E-state index is 12.5. The molecule has 0 fully saturated rings. The first-order valence-corrected chi connectivity index (χ1v) is 8.40. The lowest BCUT2D eigenvalue weighted by Crippen LogP contribution is -2.30. The average Bonchev–Trinajstić information content (AvgIpc) is 2.46. The number of aromatic carboxylic acids is 1. The number of aromatic nitrogens is 1. The third kappa shape index (κ3) is 2.82. The van der Waals surface area contributed by atoms with Crippen LogP contribution in [0.5, 0.6) is 0 Å². The van der Waals surface area contributed by atoms with E-state index in [2.05, 4.69) is 4.98 Å². The van der Waals surface area contributed by atoms with Crippen molar-refractivity contribution in [2.45, 2.75) is 25.7 Å². The molecule has 1 N–H and O–H groups in total. The summed E-state index contributed by atoms with van der Waals surface area (Å²) in [5, 5.41) is 9.64. The van der Waals surface area contributed by atoms with Crippen LogP contribution in [0, 0.1) is 6.92 Å². The van der Waals surface area contributed by atoms with Gasteiger partial charge in [0.2, 0.25) is 10.0 Å². The Hall–Kier alpha value is -1.99. The Bertz CT molecular complexity index is 827. The normalized spacial score (nSPS) is 12.0. The van der Waals surface area contributed by atoms with Crippen molar-refractivity contribution >= 4 is 26.9 Å². The zero-order chi connectivity index (χ0) is 16.5. The van der Waals surface area contributed by atoms with Crippen LogP contribution in [0.15, 0.2) is 29.2 Å². The van der Waals surface area contributed by atoms with Gasteiger partial charge in [0.1, 0.15) is 0 Å². The molecule has 0 unspecified atom stereocenters. The van der Waals surface area contributed by atoms with Gasteiger partial charge in [-0.2, -0.15) is 4.31 Å². The van der Waals surface area contributed by atoms with E-state index >= 15 is 0 Å². The smallest absolute Gasteiger partial charge is 0.336 e. The van der Waals surface area contributed by atoms with E-state index < -0.39 is 16.0 Å². The van der Waals surface area contributed by atoms with Gasteiger partial charge in [-0.1, -0.05) is 13.8 Å². The fourth-order valence-corrected chi connectivity index (χ4v) is 3.87.